The molecule has 1 aliphatic rings. The highest BCUT2D eigenvalue weighted by Crippen LogP contribution is 2.22. The Balaban J connectivity index is 1.33. The molecule has 0 radical (unpaired) electrons. The van der Waals surface area contributed by atoms with E-state index in [0.717, 1.165) is 37.3 Å². The van der Waals surface area contributed by atoms with Crippen molar-refractivity contribution >= 4 is 5.91 Å². The van der Waals surface area contributed by atoms with Crippen LogP contribution in [0.1, 0.15) is 27.9 Å². The number of hydrogen-bond acceptors (Lipinski definition) is 3. The van der Waals surface area contributed by atoms with Crippen molar-refractivity contribution in [3.63, 3.8) is 0 Å². The van der Waals surface area contributed by atoms with Crippen LogP contribution in [0.3, 0.4) is 0 Å². The Kier molecular flexibility index (Phi) is 5.03. The van der Waals surface area contributed by atoms with E-state index >= 15 is 0 Å². The van der Waals surface area contributed by atoms with E-state index in [1.807, 2.05) is 43.5 Å². The third-order valence-corrected chi connectivity index (χ3v) is 5.00. The van der Waals surface area contributed by atoms with Crippen molar-refractivity contribution in [2.75, 3.05) is 12.0 Å². The molecule has 1 aliphatic heterocycles. The van der Waals surface area contributed by atoms with E-state index in [9.17, 15) is 4.79 Å². The van der Waals surface area contributed by atoms with Gasteiger partial charge in [0.05, 0.1) is 18.3 Å². The van der Waals surface area contributed by atoms with Gasteiger partial charge in [-0.15, -0.1) is 0 Å². The van der Waals surface area contributed by atoms with Gasteiger partial charge in [0.2, 0.25) is 5.91 Å². The molecule has 1 N–H and O–H groups in total. The second kappa shape index (κ2) is 7.76. The predicted molar refractivity (Wildman–Crippen MR) is 106 cm³/mol. The monoisotopic (exact) mass is 360 g/mol. The van der Waals surface area contributed by atoms with Crippen molar-refractivity contribution in [3.8, 4) is 0 Å². The number of rotatable bonds is 6. The maximum atomic E-state index is 12.4. The van der Waals surface area contributed by atoms with Crippen molar-refractivity contribution < 1.29 is 4.79 Å². The topological polar surface area (TPSA) is 50.2 Å². The number of benzene rings is 2. The maximum Gasteiger partial charge on any atom is 0.244 e. The quantitative estimate of drug-likeness (QED) is 0.735. The van der Waals surface area contributed by atoms with E-state index < -0.39 is 0 Å². The number of aromatic nitrogens is 2. The first kappa shape index (κ1) is 17.5. The normalized spacial score (nSPS) is 13.5. The van der Waals surface area contributed by atoms with E-state index in [1.54, 1.807) is 4.79 Å². The zero-order valence-corrected chi connectivity index (χ0v) is 15.6. The van der Waals surface area contributed by atoms with E-state index in [2.05, 4.69) is 39.7 Å². The highest BCUT2D eigenvalue weighted by Gasteiger charge is 2.24. The molecule has 0 saturated carbocycles. The zero-order chi connectivity index (χ0) is 18.6. The summed E-state index contributed by atoms with van der Waals surface area (Å²) in [5.74, 6) is -0.0486. The summed E-state index contributed by atoms with van der Waals surface area (Å²) in [6.45, 7) is 4.74. The molecular weight excluding hydrogens is 336 g/mol. The van der Waals surface area contributed by atoms with Crippen LogP contribution < -0.4 is 5.43 Å². The fraction of sp³-hybridized carbons (Fsp3) is 0.273. The maximum absolute atomic E-state index is 12.4. The van der Waals surface area contributed by atoms with E-state index in [1.165, 1.54) is 16.7 Å². The number of carbonyl (C=O) groups excluding carboxylic acids is 1. The number of amides is 1. The lowest BCUT2D eigenvalue weighted by atomic mass is 10.1. The Morgan fingerprint density at radius 2 is 1.81 bits per heavy atom. The van der Waals surface area contributed by atoms with Crippen LogP contribution in [-0.2, 0) is 30.7 Å². The molecule has 0 atom stereocenters. The molecule has 4 rings (SSSR count). The Morgan fingerprint density at radius 1 is 1.04 bits per heavy atom. The average Bonchev–Trinajstić information content (AvgIpc) is 3.24. The minimum Gasteiger partial charge on any atom is -0.293 e. The number of nitrogens with one attached hydrogen (secondary N) is 1. The van der Waals surface area contributed by atoms with Gasteiger partial charge in [-0.1, -0.05) is 60.2 Å². The van der Waals surface area contributed by atoms with Crippen LogP contribution in [-0.4, -0.2) is 27.2 Å². The molecule has 5 heteroatoms. The second-order valence-electron chi connectivity index (χ2n) is 7.17. The smallest absolute Gasteiger partial charge is 0.244 e. The molecule has 1 aromatic heterocycles. The second-order valence-corrected chi connectivity index (χ2v) is 7.17. The molecule has 2 heterocycles. The number of hydrogen-bond donors (Lipinski definition) is 1. The summed E-state index contributed by atoms with van der Waals surface area (Å²) < 4.78 is 0. The summed E-state index contributed by atoms with van der Waals surface area (Å²) in [7, 11) is 0. The van der Waals surface area contributed by atoms with Crippen LogP contribution in [0.5, 0.6) is 0 Å². The summed E-state index contributed by atoms with van der Waals surface area (Å²) in [5.41, 5.74) is 8.75. The lowest BCUT2D eigenvalue weighted by Gasteiger charge is -2.15. The van der Waals surface area contributed by atoms with Crippen LogP contribution in [0.25, 0.3) is 0 Å². The molecule has 0 bridgehead atoms. The Hall–Kier alpha value is -2.92. The van der Waals surface area contributed by atoms with Gasteiger partial charge in [0.1, 0.15) is 0 Å². The fourth-order valence-corrected chi connectivity index (χ4v) is 3.45. The molecule has 0 unspecified atom stereocenters. The summed E-state index contributed by atoms with van der Waals surface area (Å²) in [5, 5.41) is 4.34. The van der Waals surface area contributed by atoms with Crippen molar-refractivity contribution in [1.29, 1.82) is 0 Å². The Bertz CT molecular complexity index is 915. The predicted octanol–water partition coefficient (Wildman–Crippen LogP) is 3.06. The van der Waals surface area contributed by atoms with Crippen molar-refractivity contribution in [2.45, 2.75) is 32.9 Å². The first-order valence-electron chi connectivity index (χ1n) is 9.35. The largest absolute Gasteiger partial charge is 0.293 e. The van der Waals surface area contributed by atoms with Gasteiger partial charge in [0.25, 0.3) is 0 Å². The van der Waals surface area contributed by atoms with Crippen molar-refractivity contribution in [1.82, 2.24) is 14.8 Å². The van der Waals surface area contributed by atoms with E-state index in [4.69, 9.17) is 0 Å². The third kappa shape index (κ3) is 4.26. The molecular formula is C22H24N4O. The van der Waals surface area contributed by atoms with Gasteiger partial charge in [0, 0.05) is 25.2 Å². The highest BCUT2D eigenvalue weighted by atomic mass is 16.2. The Labute approximate surface area is 159 Å². The van der Waals surface area contributed by atoms with E-state index in [0.29, 0.717) is 6.42 Å². The molecule has 27 heavy (non-hydrogen) atoms. The van der Waals surface area contributed by atoms with Gasteiger partial charge in [-0.3, -0.25) is 9.69 Å². The van der Waals surface area contributed by atoms with Gasteiger partial charge >= 0.3 is 0 Å². The van der Waals surface area contributed by atoms with Gasteiger partial charge < -0.3 is 0 Å². The summed E-state index contributed by atoms with van der Waals surface area (Å²) in [6.07, 6.45) is 3.25. The first-order valence-corrected chi connectivity index (χ1v) is 9.35. The third-order valence-electron chi connectivity index (χ3n) is 5.00. The molecule has 2 aromatic carbocycles. The molecule has 0 aliphatic carbocycles. The number of aryl methyl sites for hydroxylation is 1. The number of fused-ring (bicyclic) bond motifs is 1. The molecule has 138 valence electrons. The average molecular weight is 360 g/mol. The van der Waals surface area contributed by atoms with Crippen LogP contribution in [0.15, 0.2) is 60.8 Å². The standard InChI is InChI=1S/C22H24N4O/c1-17-7-9-19(10-8-17)13-22(27)24-26-21-16-25(15-20(21)14-23-26)12-11-18-5-3-2-4-6-18/h2-10,14H,11-13,15-16H2,1H3,(H,24,27). The molecule has 0 spiro atoms. The van der Waals surface area contributed by atoms with Crippen LogP contribution in [0.2, 0.25) is 0 Å². The minimum absolute atomic E-state index is 0.0486. The summed E-state index contributed by atoms with van der Waals surface area (Å²) in [4.78, 5) is 16.4. The summed E-state index contributed by atoms with van der Waals surface area (Å²) in [6, 6.07) is 18.6. The lowest BCUT2D eigenvalue weighted by molar-refractivity contribution is -0.116. The Morgan fingerprint density at radius 3 is 2.59 bits per heavy atom. The van der Waals surface area contributed by atoms with Crippen LogP contribution in [0, 0.1) is 6.92 Å². The van der Waals surface area contributed by atoms with Gasteiger partial charge in [-0.2, -0.15) is 9.89 Å². The van der Waals surface area contributed by atoms with Gasteiger partial charge in [-0.25, -0.2) is 5.43 Å². The molecule has 3 aromatic rings. The van der Waals surface area contributed by atoms with Crippen LogP contribution >= 0.6 is 0 Å². The molecule has 0 fully saturated rings. The van der Waals surface area contributed by atoms with Gasteiger partial charge in [0.15, 0.2) is 0 Å². The zero-order valence-electron chi connectivity index (χ0n) is 15.6. The minimum atomic E-state index is -0.0486. The van der Waals surface area contributed by atoms with Crippen molar-refractivity contribution in [3.05, 3.63) is 88.7 Å². The highest BCUT2D eigenvalue weighted by molar-refractivity contribution is 5.85. The molecule has 1 amide bonds. The number of carbonyl (C=O) groups is 1. The summed E-state index contributed by atoms with van der Waals surface area (Å²) >= 11 is 0. The number of nitrogens with zero attached hydrogens (tertiary/aromatic N) is 3. The van der Waals surface area contributed by atoms with E-state index in [-0.39, 0.29) is 5.91 Å². The van der Waals surface area contributed by atoms with Crippen LogP contribution in [0.4, 0.5) is 0 Å². The first-order chi connectivity index (χ1) is 13.2. The fourth-order valence-electron chi connectivity index (χ4n) is 3.45. The van der Waals surface area contributed by atoms with Gasteiger partial charge in [-0.05, 0) is 24.5 Å². The molecule has 0 saturated heterocycles. The molecule has 5 nitrogen and oxygen atoms in total. The van der Waals surface area contributed by atoms with Crippen molar-refractivity contribution in [2.24, 2.45) is 0 Å². The lowest BCUT2D eigenvalue weighted by Crippen LogP contribution is -2.28. The SMILES string of the molecule is Cc1ccc(CC(=O)Nn2ncc3c2CN(CCc2ccccc2)C3)cc1.